The highest BCUT2D eigenvalue weighted by atomic mass is 16.7. The highest BCUT2D eigenvalue weighted by Gasteiger charge is 2.53. The number of hydrogen-bond acceptors (Lipinski definition) is 4. The van der Waals surface area contributed by atoms with E-state index >= 15 is 0 Å². The van der Waals surface area contributed by atoms with Crippen molar-refractivity contribution in [1.29, 1.82) is 0 Å². The Labute approximate surface area is 225 Å². The van der Waals surface area contributed by atoms with Gasteiger partial charge in [-0.2, -0.15) is 0 Å². The first-order valence-electron chi connectivity index (χ1n) is 13.6. The van der Waals surface area contributed by atoms with Crippen molar-refractivity contribution in [2.45, 2.75) is 77.8 Å². The summed E-state index contributed by atoms with van der Waals surface area (Å²) in [6, 6.07) is 22.0. The van der Waals surface area contributed by atoms with Crippen molar-refractivity contribution in [3.63, 3.8) is 0 Å². The van der Waals surface area contributed by atoms with Crippen LogP contribution in [-0.2, 0) is 18.6 Å². The largest absolute Gasteiger partial charge is 0.495 e. The van der Waals surface area contributed by atoms with Crippen LogP contribution in [0.1, 0.15) is 55.4 Å². The SMILES string of the molecule is CC1(C)OB(c2ccc3c4cccc5c(B6OC(C)(C)C(C)(C)O6)ccc(c6cccc2c63)c54)OC1(C)C. The molecule has 2 aliphatic rings. The highest BCUT2D eigenvalue weighted by molar-refractivity contribution is 6.67. The molecule has 5 aromatic carbocycles. The number of hydrogen-bond donors (Lipinski definition) is 0. The minimum Gasteiger partial charge on any atom is -0.399 e. The summed E-state index contributed by atoms with van der Waals surface area (Å²) in [5.74, 6) is 0. The van der Waals surface area contributed by atoms with Gasteiger partial charge in [0.15, 0.2) is 0 Å². The quantitative estimate of drug-likeness (QED) is 0.160. The van der Waals surface area contributed by atoms with Gasteiger partial charge in [-0.15, -0.1) is 0 Å². The van der Waals surface area contributed by atoms with E-state index in [0.29, 0.717) is 0 Å². The molecule has 6 heteroatoms. The molecular formula is C32H34B2O4. The van der Waals surface area contributed by atoms with E-state index in [4.69, 9.17) is 18.6 Å². The zero-order chi connectivity index (χ0) is 26.8. The number of benzene rings is 5. The Morgan fingerprint density at radius 3 is 1.03 bits per heavy atom. The fraction of sp³-hybridized carbons (Fsp3) is 0.375. The molecule has 2 saturated heterocycles. The van der Waals surface area contributed by atoms with Crippen LogP contribution in [0.2, 0.25) is 0 Å². The van der Waals surface area contributed by atoms with Crippen molar-refractivity contribution in [3.05, 3.63) is 60.7 Å². The summed E-state index contributed by atoms with van der Waals surface area (Å²) in [4.78, 5) is 0. The van der Waals surface area contributed by atoms with Gasteiger partial charge in [0.25, 0.3) is 0 Å². The van der Waals surface area contributed by atoms with Crippen molar-refractivity contribution < 1.29 is 18.6 Å². The minimum atomic E-state index is -0.410. The molecule has 0 saturated carbocycles. The third-order valence-electron chi connectivity index (χ3n) is 9.74. The Kier molecular flexibility index (Phi) is 4.83. The summed E-state index contributed by atoms with van der Waals surface area (Å²) in [5, 5.41) is 9.80. The fourth-order valence-corrected chi connectivity index (χ4v) is 6.11. The number of rotatable bonds is 2. The molecule has 192 valence electrons. The van der Waals surface area contributed by atoms with Gasteiger partial charge in [-0.3, -0.25) is 0 Å². The molecule has 38 heavy (non-hydrogen) atoms. The van der Waals surface area contributed by atoms with Crippen molar-refractivity contribution in [2.75, 3.05) is 0 Å². The van der Waals surface area contributed by atoms with Gasteiger partial charge in [0.05, 0.1) is 22.4 Å². The van der Waals surface area contributed by atoms with Crippen LogP contribution in [0.15, 0.2) is 60.7 Å². The average Bonchev–Trinajstić information content (AvgIpc) is 3.20. The summed E-state index contributed by atoms with van der Waals surface area (Å²) in [5.41, 5.74) is 0.597. The van der Waals surface area contributed by atoms with Gasteiger partial charge in [0.1, 0.15) is 0 Å². The normalized spacial score (nSPS) is 22.0. The molecule has 0 unspecified atom stereocenters. The van der Waals surface area contributed by atoms with E-state index in [1.165, 1.54) is 43.1 Å². The molecule has 0 bridgehead atoms. The van der Waals surface area contributed by atoms with E-state index in [-0.39, 0.29) is 22.4 Å². The van der Waals surface area contributed by atoms with Crippen molar-refractivity contribution in [1.82, 2.24) is 0 Å². The summed E-state index contributed by atoms with van der Waals surface area (Å²) < 4.78 is 25.9. The first kappa shape index (κ1) is 24.4. The summed E-state index contributed by atoms with van der Waals surface area (Å²) in [6.45, 7) is 16.8. The summed E-state index contributed by atoms with van der Waals surface area (Å²) >= 11 is 0. The van der Waals surface area contributed by atoms with Crippen molar-refractivity contribution in [2.24, 2.45) is 0 Å². The lowest BCUT2D eigenvalue weighted by Crippen LogP contribution is -2.41. The maximum atomic E-state index is 6.47. The van der Waals surface area contributed by atoms with Crippen LogP contribution in [0.5, 0.6) is 0 Å². The van der Waals surface area contributed by atoms with E-state index in [1.807, 2.05) is 0 Å². The Morgan fingerprint density at radius 1 is 0.395 bits per heavy atom. The first-order valence-corrected chi connectivity index (χ1v) is 13.6. The zero-order valence-corrected chi connectivity index (χ0v) is 23.6. The van der Waals surface area contributed by atoms with Gasteiger partial charge in [-0.05, 0) is 109 Å². The second kappa shape index (κ2) is 7.51. The average molecular weight is 504 g/mol. The molecule has 0 N–H and O–H groups in total. The van der Waals surface area contributed by atoms with Crippen LogP contribution in [0.25, 0.3) is 43.1 Å². The molecular weight excluding hydrogens is 470 g/mol. The van der Waals surface area contributed by atoms with E-state index in [9.17, 15) is 0 Å². The van der Waals surface area contributed by atoms with Crippen LogP contribution in [0.3, 0.4) is 0 Å². The Balaban J connectivity index is 1.47. The lowest BCUT2D eigenvalue weighted by Gasteiger charge is -2.32. The molecule has 2 fully saturated rings. The highest BCUT2D eigenvalue weighted by Crippen LogP contribution is 2.42. The summed E-state index contributed by atoms with van der Waals surface area (Å²) in [7, 11) is -0.820. The van der Waals surface area contributed by atoms with Crippen molar-refractivity contribution >= 4 is 68.3 Å². The first-order chi connectivity index (χ1) is 17.8. The Bertz CT molecular complexity index is 1570. The smallest absolute Gasteiger partial charge is 0.399 e. The van der Waals surface area contributed by atoms with Crippen LogP contribution in [0, 0.1) is 0 Å². The molecule has 2 heterocycles. The second-order valence-corrected chi connectivity index (χ2v) is 13.0. The molecule has 5 aromatic rings. The third-order valence-corrected chi connectivity index (χ3v) is 9.74. The predicted molar refractivity (Wildman–Crippen MR) is 159 cm³/mol. The van der Waals surface area contributed by atoms with E-state index in [1.54, 1.807) is 0 Å². The van der Waals surface area contributed by atoms with Gasteiger partial charge in [-0.25, -0.2) is 0 Å². The maximum Gasteiger partial charge on any atom is 0.495 e. The lowest BCUT2D eigenvalue weighted by atomic mass is 9.72. The maximum absolute atomic E-state index is 6.47. The van der Waals surface area contributed by atoms with Gasteiger partial charge in [0.2, 0.25) is 0 Å². The topological polar surface area (TPSA) is 36.9 Å². The number of fused-ring (bicyclic) bond motifs is 2. The Morgan fingerprint density at radius 2 is 0.684 bits per heavy atom. The van der Waals surface area contributed by atoms with Gasteiger partial charge >= 0.3 is 14.2 Å². The molecule has 0 radical (unpaired) electrons. The van der Waals surface area contributed by atoms with E-state index < -0.39 is 14.2 Å². The van der Waals surface area contributed by atoms with Crippen LogP contribution >= 0.6 is 0 Å². The molecule has 0 amide bonds. The minimum absolute atomic E-state index is 0.389. The third kappa shape index (κ3) is 3.15. The summed E-state index contributed by atoms with van der Waals surface area (Å²) in [6.07, 6.45) is 0. The molecule has 0 atom stereocenters. The lowest BCUT2D eigenvalue weighted by molar-refractivity contribution is 0.00578. The van der Waals surface area contributed by atoms with E-state index in [0.717, 1.165) is 10.9 Å². The van der Waals surface area contributed by atoms with Crippen molar-refractivity contribution in [3.8, 4) is 0 Å². The zero-order valence-electron chi connectivity index (χ0n) is 23.6. The molecule has 0 spiro atoms. The molecule has 0 aliphatic carbocycles. The standard InChI is InChI=1S/C32H34B2O4/c1-29(2)30(3,4)36-33(35-29)25-17-15-21-20-12-10-14-24-26(34-37-31(5,6)32(7,8)38-34)18-16-22(28(20)24)19-11-9-13-23(25)27(19)21/h9-18H,1-8H3. The van der Waals surface area contributed by atoms with Gasteiger partial charge in [0, 0.05) is 0 Å². The molecule has 7 rings (SSSR count). The molecule has 0 aromatic heterocycles. The van der Waals surface area contributed by atoms with E-state index in [2.05, 4.69) is 116 Å². The predicted octanol–water partition coefficient (Wildman–Crippen LogP) is 6.34. The molecule has 4 nitrogen and oxygen atoms in total. The van der Waals surface area contributed by atoms with Crippen LogP contribution in [-0.4, -0.2) is 36.6 Å². The fourth-order valence-electron chi connectivity index (χ4n) is 6.11. The molecule has 2 aliphatic heterocycles. The second-order valence-electron chi connectivity index (χ2n) is 13.0. The monoisotopic (exact) mass is 504 g/mol. The van der Waals surface area contributed by atoms with Crippen LogP contribution in [0.4, 0.5) is 0 Å². The van der Waals surface area contributed by atoms with Gasteiger partial charge in [-0.1, -0.05) is 60.7 Å². The van der Waals surface area contributed by atoms with Crippen LogP contribution < -0.4 is 10.9 Å². The van der Waals surface area contributed by atoms with Gasteiger partial charge < -0.3 is 18.6 Å². The Hall–Kier alpha value is -2.63.